The first-order valence-corrected chi connectivity index (χ1v) is 18.0. The van der Waals surface area contributed by atoms with Gasteiger partial charge in [0.15, 0.2) is 0 Å². The summed E-state index contributed by atoms with van der Waals surface area (Å²) in [7, 11) is 0. The van der Waals surface area contributed by atoms with Crippen LogP contribution in [0.25, 0.3) is 82.1 Å². The van der Waals surface area contributed by atoms with Gasteiger partial charge in [0.2, 0.25) is 0 Å². The van der Waals surface area contributed by atoms with Gasteiger partial charge in [-0.25, -0.2) is 0 Å². The quantitative estimate of drug-likeness (QED) is 0.171. The summed E-state index contributed by atoms with van der Waals surface area (Å²) in [5.41, 5.74) is 12.9. The Morgan fingerprint density at radius 1 is 0.469 bits per heavy atom. The molecular formula is C48H39N. The third-order valence-electron chi connectivity index (χ3n) is 11.4. The van der Waals surface area contributed by atoms with Gasteiger partial charge in [0.1, 0.15) is 0 Å². The molecule has 0 aliphatic heterocycles. The minimum absolute atomic E-state index is 0.685. The Labute approximate surface area is 287 Å². The van der Waals surface area contributed by atoms with Crippen molar-refractivity contribution in [1.29, 1.82) is 0 Å². The summed E-state index contributed by atoms with van der Waals surface area (Å²) in [4.78, 5) is 0. The van der Waals surface area contributed by atoms with Crippen LogP contribution >= 0.6 is 0 Å². The molecule has 0 unspecified atom stereocenters. The number of nitrogens with zero attached hydrogens (tertiary/aromatic N) is 1. The van der Waals surface area contributed by atoms with E-state index in [0.29, 0.717) is 5.92 Å². The van der Waals surface area contributed by atoms with Crippen LogP contribution in [0.1, 0.15) is 54.7 Å². The number of hydrogen-bond donors (Lipinski definition) is 0. The average Bonchev–Trinajstić information content (AvgIpc) is 3.48. The molecule has 236 valence electrons. The molecule has 1 aliphatic carbocycles. The van der Waals surface area contributed by atoms with Crippen LogP contribution in [-0.2, 0) is 0 Å². The summed E-state index contributed by atoms with van der Waals surface area (Å²) < 4.78 is 2.41. The minimum Gasteiger partial charge on any atom is -0.309 e. The highest BCUT2D eigenvalue weighted by Gasteiger charge is 2.21. The largest absolute Gasteiger partial charge is 0.309 e. The number of rotatable bonds is 4. The summed E-state index contributed by atoms with van der Waals surface area (Å²) in [5.74, 6) is 0.685. The maximum Gasteiger partial charge on any atom is 0.0541 e. The Morgan fingerprint density at radius 2 is 1.04 bits per heavy atom. The molecule has 10 rings (SSSR count). The van der Waals surface area contributed by atoms with Gasteiger partial charge in [-0.1, -0.05) is 134 Å². The third-order valence-corrected chi connectivity index (χ3v) is 11.4. The van der Waals surface area contributed by atoms with Gasteiger partial charge in [-0.3, -0.25) is 0 Å². The molecule has 1 aliphatic rings. The number of hydrogen-bond acceptors (Lipinski definition) is 0. The lowest BCUT2D eigenvalue weighted by Crippen LogP contribution is -2.04. The van der Waals surface area contributed by atoms with E-state index in [0.717, 1.165) is 0 Å². The molecule has 1 saturated carbocycles. The molecule has 0 N–H and O–H groups in total. The highest BCUT2D eigenvalue weighted by Crippen LogP contribution is 2.46. The Hall–Kier alpha value is -5.40. The number of aromatic nitrogens is 1. The molecule has 1 heteroatoms. The molecule has 8 aromatic carbocycles. The molecule has 0 atom stereocenters. The first kappa shape index (κ1) is 28.6. The predicted octanol–water partition coefficient (Wildman–Crippen LogP) is 13.7. The van der Waals surface area contributed by atoms with E-state index >= 15 is 0 Å². The van der Waals surface area contributed by atoms with Crippen molar-refractivity contribution in [2.75, 3.05) is 0 Å². The number of fused-ring (bicyclic) bond motifs is 3. The number of para-hydroxylation sites is 2. The van der Waals surface area contributed by atoms with E-state index in [1.54, 1.807) is 0 Å². The van der Waals surface area contributed by atoms with Gasteiger partial charge in [-0.05, 0) is 123 Å². The lowest BCUT2D eigenvalue weighted by molar-refractivity contribution is 0.444. The standard InChI is InChI=1S/C48H39N/c1-30-24-31(2)26-37(25-30)44-29-43(33-16-20-38(21-17-33)49-45-14-8-6-12-39(45)40-13-7-9-15-46(40)49)41-22-18-34-27-36(32-10-4-3-5-11-32)28-35-19-23-42(44)48(41)47(34)35/h6-9,12-29,32H,3-5,10-11H2,1-2H3. The van der Waals surface area contributed by atoms with Crippen LogP contribution in [0.2, 0.25) is 0 Å². The topological polar surface area (TPSA) is 4.93 Å². The number of aryl methyl sites for hydroxylation is 2. The molecule has 49 heavy (non-hydrogen) atoms. The third kappa shape index (κ3) is 4.52. The summed E-state index contributed by atoms with van der Waals surface area (Å²) in [5, 5.41) is 10.8. The lowest BCUT2D eigenvalue weighted by atomic mass is 9.81. The maximum absolute atomic E-state index is 2.51. The Kier molecular flexibility index (Phi) is 6.46. The van der Waals surface area contributed by atoms with E-state index in [-0.39, 0.29) is 0 Å². The molecule has 1 heterocycles. The van der Waals surface area contributed by atoms with Crippen LogP contribution in [0.15, 0.2) is 133 Å². The second-order valence-electron chi connectivity index (χ2n) is 14.5. The fourth-order valence-corrected chi connectivity index (χ4v) is 9.21. The molecule has 9 aromatic rings. The molecule has 0 radical (unpaired) electrons. The highest BCUT2D eigenvalue weighted by atomic mass is 15.0. The zero-order valence-corrected chi connectivity index (χ0v) is 28.3. The van der Waals surface area contributed by atoms with Crippen molar-refractivity contribution in [3.05, 3.63) is 150 Å². The van der Waals surface area contributed by atoms with Crippen molar-refractivity contribution < 1.29 is 0 Å². The molecular weight excluding hydrogens is 591 g/mol. The summed E-state index contributed by atoms with van der Waals surface area (Å²) in [6, 6.07) is 50.8. The van der Waals surface area contributed by atoms with Gasteiger partial charge >= 0.3 is 0 Å². The first-order chi connectivity index (χ1) is 24.1. The Bertz CT molecular complexity index is 2610. The highest BCUT2D eigenvalue weighted by molar-refractivity contribution is 6.28. The first-order valence-electron chi connectivity index (χ1n) is 18.0. The van der Waals surface area contributed by atoms with E-state index in [1.807, 2.05) is 0 Å². The van der Waals surface area contributed by atoms with E-state index in [2.05, 4.69) is 152 Å². The summed E-state index contributed by atoms with van der Waals surface area (Å²) >= 11 is 0. The smallest absolute Gasteiger partial charge is 0.0541 e. The van der Waals surface area contributed by atoms with Crippen LogP contribution in [0.4, 0.5) is 0 Å². The van der Waals surface area contributed by atoms with Crippen LogP contribution in [0, 0.1) is 13.8 Å². The SMILES string of the molecule is Cc1cc(C)cc(-c2cc(-c3ccc(-n4c5ccccc5c5ccccc54)cc3)c3ccc4cc(C5CCCCC5)cc5ccc2c3c45)c1. The lowest BCUT2D eigenvalue weighted by Gasteiger charge is -2.24. The van der Waals surface area contributed by atoms with Crippen molar-refractivity contribution in [1.82, 2.24) is 4.57 Å². The van der Waals surface area contributed by atoms with Gasteiger partial charge in [-0.15, -0.1) is 0 Å². The van der Waals surface area contributed by atoms with Crippen molar-refractivity contribution in [3.8, 4) is 27.9 Å². The van der Waals surface area contributed by atoms with Crippen molar-refractivity contribution in [2.24, 2.45) is 0 Å². The molecule has 0 bridgehead atoms. The molecule has 0 saturated heterocycles. The van der Waals surface area contributed by atoms with Gasteiger partial charge < -0.3 is 4.57 Å². The average molecular weight is 630 g/mol. The summed E-state index contributed by atoms with van der Waals surface area (Å²) in [6.45, 7) is 4.43. The van der Waals surface area contributed by atoms with Gasteiger partial charge in [0.05, 0.1) is 11.0 Å². The van der Waals surface area contributed by atoms with Gasteiger partial charge in [-0.2, -0.15) is 0 Å². The van der Waals surface area contributed by atoms with E-state index in [4.69, 9.17) is 0 Å². The van der Waals surface area contributed by atoms with E-state index in [9.17, 15) is 0 Å². The second kappa shape index (κ2) is 11.1. The van der Waals surface area contributed by atoms with Crippen molar-refractivity contribution in [2.45, 2.75) is 51.9 Å². The van der Waals surface area contributed by atoms with Crippen LogP contribution in [0.5, 0.6) is 0 Å². The molecule has 1 aromatic heterocycles. The van der Waals surface area contributed by atoms with Gasteiger partial charge in [0, 0.05) is 16.5 Å². The zero-order valence-electron chi connectivity index (χ0n) is 28.3. The molecule has 0 amide bonds. The van der Waals surface area contributed by atoms with E-state index in [1.165, 1.54) is 131 Å². The van der Waals surface area contributed by atoms with Crippen molar-refractivity contribution >= 4 is 54.1 Å². The zero-order chi connectivity index (χ0) is 32.6. The van der Waals surface area contributed by atoms with Gasteiger partial charge in [0.25, 0.3) is 0 Å². The van der Waals surface area contributed by atoms with Crippen LogP contribution in [0.3, 0.4) is 0 Å². The van der Waals surface area contributed by atoms with Crippen LogP contribution < -0.4 is 0 Å². The molecule has 1 nitrogen and oxygen atoms in total. The molecule has 0 spiro atoms. The molecule has 1 fully saturated rings. The normalized spacial score (nSPS) is 14.2. The second-order valence-corrected chi connectivity index (χ2v) is 14.5. The van der Waals surface area contributed by atoms with E-state index < -0.39 is 0 Å². The minimum atomic E-state index is 0.685. The monoisotopic (exact) mass is 629 g/mol. The van der Waals surface area contributed by atoms with Crippen LogP contribution in [-0.4, -0.2) is 4.57 Å². The maximum atomic E-state index is 2.51. The fraction of sp³-hybridized carbons (Fsp3) is 0.167. The Balaban J connectivity index is 1.20. The fourth-order valence-electron chi connectivity index (χ4n) is 9.21. The number of benzene rings is 8. The Morgan fingerprint density at radius 3 is 1.65 bits per heavy atom. The predicted molar refractivity (Wildman–Crippen MR) is 211 cm³/mol. The summed E-state index contributed by atoms with van der Waals surface area (Å²) in [6.07, 6.45) is 6.73. The van der Waals surface area contributed by atoms with Crippen molar-refractivity contribution in [3.63, 3.8) is 0 Å².